The SMILES string of the molecule is O=C(c1cccc(F)c1)N(Cc1ccc(F)cc1)Cc1ccc(OS(=O)(=O)c2cccc(C(F)(F)F)c2)cc1. The number of carbonyl (C=O) groups is 1. The van der Waals surface area contributed by atoms with Crippen molar-refractivity contribution < 1.29 is 39.3 Å². The van der Waals surface area contributed by atoms with E-state index in [4.69, 9.17) is 4.18 Å². The standard InChI is InChI=1S/C28H20F5NO4S/c29-23-11-7-19(8-12-23)17-34(27(35)21-3-1-5-24(30)15-21)18-20-9-13-25(14-10-20)38-39(36,37)26-6-2-4-22(16-26)28(31,32)33/h1-16H,17-18H2. The average Bonchev–Trinajstić information content (AvgIpc) is 2.89. The second kappa shape index (κ2) is 11.2. The Hall–Kier alpha value is -4.25. The van der Waals surface area contributed by atoms with Gasteiger partial charge in [-0.25, -0.2) is 8.78 Å². The molecule has 0 fully saturated rings. The monoisotopic (exact) mass is 561 g/mol. The topological polar surface area (TPSA) is 63.7 Å². The summed E-state index contributed by atoms with van der Waals surface area (Å²) in [6.07, 6.45) is -4.73. The van der Waals surface area contributed by atoms with Crippen LogP contribution in [-0.4, -0.2) is 19.2 Å². The van der Waals surface area contributed by atoms with Gasteiger partial charge in [0.15, 0.2) is 0 Å². The molecule has 4 aromatic carbocycles. The first-order valence-corrected chi connectivity index (χ1v) is 12.8. The minimum atomic E-state index is -4.73. The molecular formula is C28H20F5NO4S. The van der Waals surface area contributed by atoms with Crippen molar-refractivity contribution in [3.63, 3.8) is 0 Å². The van der Waals surface area contributed by atoms with Crippen LogP contribution in [0.4, 0.5) is 22.0 Å². The van der Waals surface area contributed by atoms with Gasteiger partial charge in [0, 0.05) is 18.7 Å². The van der Waals surface area contributed by atoms with Gasteiger partial charge in [0.2, 0.25) is 0 Å². The molecule has 0 aliphatic carbocycles. The average molecular weight is 562 g/mol. The van der Waals surface area contributed by atoms with Crippen molar-refractivity contribution in [1.82, 2.24) is 4.90 Å². The Labute approximate surface area is 221 Å². The second-order valence-electron chi connectivity index (χ2n) is 8.51. The summed E-state index contributed by atoms with van der Waals surface area (Å²) in [5.41, 5.74) is 0.134. The van der Waals surface area contributed by atoms with Crippen molar-refractivity contribution in [3.05, 3.63) is 131 Å². The Bertz CT molecular complexity index is 1570. The van der Waals surface area contributed by atoms with Gasteiger partial charge in [0.1, 0.15) is 22.3 Å². The quantitative estimate of drug-likeness (QED) is 0.180. The van der Waals surface area contributed by atoms with E-state index >= 15 is 0 Å². The van der Waals surface area contributed by atoms with E-state index in [0.29, 0.717) is 17.2 Å². The Morgan fingerprint density at radius 1 is 0.744 bits per heavy atom. The molecule has 5 nitrogen and oxygen atoms in total. The Kier molecular flexibility index (Phi) is 8.01. The maximum absolute atomic E-state index is 13.7. The van der Waals surface area contributed by atoms with Gasteiger partial charge in [-0.1, -0.05) is 36.4 Å². The molecule has 11 heteroatoms. The summed E-state index contributed by atoms with van der Waals surface area (Å²) in [4.78, 5) is 13.9. The largest absolute Gasteiger partial charge is 0.416 e. The third kappa shape index (κ3) is 7.20. The van der Waals surface area contributed by atoms with Gasteiger partial charge in [-0.15, -0.1) is 0 Å². The van der Waals surface area contributed by atoms with Crippen LogP contribution in [0.1, 0.15) is 27.0 Å². The van der Waals surface area contributed by atoms with Crippen LogP contribution in [0, 0.1) is 11.6 Å². The zero-order valence-electron chi connectivity index (χ0n) is 20.0. The molecule has 0 saturated heterocycles. The van der Waals surface area contributed by atoms with E-state index in [1.165, 1.54) is 71.6 Å². The van der Waals surface area contributed by atoms with E-state index in [2.05, 4.69) is 0 Å². The highest BCUT2D eigenvalue weighted by Crippen LogP contribution is 2.31. The summed E-state index contributed by atoms with van der Waals surface area (Å²) in [5.74, 6) is -1.69. The van der Waals surface area contributed by atoms with Crippen LogP contribution in [-0.2, 0) is 29.4 Å². The lowest BCUT2D eigenvalue weighted by Crippen LogP contribution is -2.30. The van der Waals surface area contributed by atoms with Crippen molar-refractivity contribution in [2.45, 2.75) is 24.2 Å². The van der Waals surface area contributed by atoms with E-state index in [1.807, 2.05) is 0 Å². The molecule has 39 heavy (non-hydrogen) atoms. The number of benzene rings is 4. The van der Waals surface area contributed by atoms with Crippen molar-refractivity contribution in [2.75, 3.05) is 0 Å². The van der Waals surface area contributed by atoms with Crippen molar-refractivity contribution in [1.29, 1.82) is 0 Å². The molecule has 0 heterocycles. The number of rotatable bonds is 8. The van der Waals surface area contributed by atoms with Gasteiger partial charge < -0.3 is 9.08 Å². The van der Waals surface area contributed by atoms with Crippen LogP contribution < -0.4 is 4.18 Å². The predicted molar refractivity (Wildman–Crippen MR) is 132 cm³/mol. The van der Waals surface area contributed by atoms with Gasteiger partial charge in [-0.3, -0.25) is 4.79 Å². The van der Waals surface area contributed by atoms with Crippen LogP contribution >= 0.6 is 0 Å². The predicted octanol–water partition coefficient (Wildman–Crippen LogP) is 6.59. The number of nitrogens with zero attached hydrogens (tertiary/aromatic N) is 1. The number of hydrogen-bond acceptors (Lipinski definition) is 4. The Morgan fingerprint density at radius 2 is 1.33 bits per heavy atom. The molecule has 0 aliphatic heterocycles. The minimum Gasteiger partial charge on any atom is -0.379 e. The Balaban J connectivity index is 1.54. The lowest BCUT2D eigenvalue weighted by Gasteiger charge is -2.23. The highest BCUT2D eigenvalue weighted by Gasteiger charge is 2.32. The highest BCUT2D eigenvalue weighted by molar-refractivity contribution is 7.87. The summed E-state index contributed by atoms with van der Waals surface area (Å²) < 4.78 is 96.1. The molecule has 0 unspecified atom stereocenters. The van der Waals surface area contributed by atoms with Gasteiger partial charge in [-0.2, -0.15) is 21.6 Å². The molecule has 0 aliphatic rings. The first-order valence-electron chi connectivity index (χ1n) is 11.4. The van der Waals surface area contributed by atoms with Gasteiger partial charge in [0.05, 0.1) is 5.56 Å². The maximum atomic E-state index is 13.7. The van der Waals surface area contributed by atoms with Crippen molar-refractivity contribution in [2.24, 2.45) is 0 Å². The molecule has 1 amide bonds. The smallest absolute Gasteiger partial charge is 0.379 e. The van der Waals surface area contributed by atoms with E-state index in [9.17, 15) is 35.2 Å². The molecule has 0 radical (unpaired) electrons. The van der Waals surface area contributed by atoms with Crippen LogP contribution in [0.3, 0.4) is 0 Å². The third-order valence-electron chi connectivity index (χ3n) is 5.60. The van der Waals surface area contributed by atoms with E-state index in [1.54, 1.807) is 0 Å². The molecule has 0 bridgehead atoms. The number of hydrogen-bond donors (Lipinski definition) is 0. The normalized spacial score (nSPS) is 11.7. The molecule has 4 aromatic rings. The maximum Gasteiger partial charge on any atom is 0.416 e. The van der Waals surface area contributed by atoms with Crippen LogP contribution in [0.5, 0.6) is 5.75 Å². The lowest BCUT2D eigenvalue weighted by atomic mass is 10.1. The van der Waals surface area contributed by atoms with Crippen LogP contribution in [0.25, 0.3) is 0 Å². The van der Waals surface area contributed by atoms with E-state index in [0.717, 1.165) is 24.3 Å². The van der Waals surface area contributed by atoms with Crippen LogP contribution in [0.2, 0.25) is 0 Å². The van der Waals surface area contributed by atoms with Gasteiger partial charge in [0.25, 0.3) is 5.91 Å². The lowest BCUT2D eigenvalue weighted by molar-refractivity contribution is -0.137. The van der Waals surface area contributed by atoms with Crippen molar-refractivity contribution >= 4 is 16.0 Å². The zero-order valence-corrected chi connectivity index (χ0v) is 20.8. The number of halogens is 5. The molecular weight excluding hydrogens is 541 g/mol. The van der Waals surface area contributed by atoms with Gasteiger partial charge in [-0.05, 0) is 71.8 Å². The molecule has 0 atom stereocenters. The van der Waals surface area contributed by atoms with Crippen molar-refractivity contribution in [3.8, 4) is 5.75 Å². The first-order chi connectivity index (χ1) is 18.4. The zero-order chi connectivity index (χ0) is 28.2. The first kappa shape index (κ1) is 27.8. The van der Waals surface area contributed by atoms with E-state index in [-0.39, 0.29) is 24.4 Å². The fraction of sp³-hybridized carbons (Fsp3) is 0.107. The summed E-state index contributed by atoms with van der Waals surface area (Å²) in [6, 6.07) is 19.4. The summed E-state index contributed by atoms with van der Waals surface area (Å²) in [7, 11) is -4.56. The Morgan fingerprint density at radius 3 is 1.92 bits per heavy atom. The molecule has 0 spiro atoms. The molecule has 0 aromatic heterocycles. The molecule has 0 saturated carbocycles. The third-order valence-corrected chi connectivity index (χ3v) is 6.84. The summed E-state index contributed by atoms with van der Waals surface area (Å²) >= 11 is 0. The fourth-order valence-corrected chi connectivity index (χ4v) is 4.66. The molecule has 0 N–H and O–H groups in total. The highest BCUT2D eigenvalue weighted by atomic mass is 32.2. The summed E-state index contributed by atoms with van der Waals surface area (Å²) in [6.45, 7) is 0.0885. The van der Waals surface area contributed by atoms with Crippen LogP contribution in [0.15, 0.2) is 102 Å². The minimum absolute atomic E-state index is 0.0212. The van der Waals surface area contributed by atoms with E-state index < -0.39 is 44.3 Å². The number of carbonyl (C=O) groups excluding carboxylic acids is 1. The molecule has 202 valence electrons. The number of alkyl halides is 3. The number of amides is 1. The summed E-state index contributed by atoms with van der Waals surface area (Å²) in [5, 5.41) is 0. The van der Waals surface area contributed by atoms with Gasteiger partial charge >= 0.3 is 16.3 Å². The second-order valence-corrected chi connectivity index (χ2v) is 10.1. The molecule has 4 rings (SSSR count). The fourth-order valence-electron chi connectivity index (χ4n) is 3.69.